The van der Waals surface area contributed by atoms with E-state index in [4.69, 9.17) is 0 Å². The van der Waals surface area contributed by atoms with Gasteiger partial charge in [0.1, 0.15) is 5.82 Å². The Morgan fingerprint density at radius 2 is 1.87 bits per heavy atom. The molecule has 0 aliphatic carbocycles. The molecule has 2 aromatic rings. The van der Waals surface area contributed by atoms with Crippen LogP contribution in [0.15, 0.2) is 53.6 Å². The van der Waals surface area contributed by atoms with Crippen LogP contribution in [0.5, 0.6) is 0 Å². The number of amides is 1. The Labute approximate surface area is 135 Å². The van der Waals surface area contributed by atoms with Crippen LogP contribution in [0.4, 0.5) is 10.1 Å². The van der Waals surface area contributed by atoms with Gasteiger partial charge in [0.15, 0.2) is 0 Å². The maximum Gasteiger partial charge on any atom is 0.271 e. The van der Waals surface area contributed by atoms with E-state index in [1.807, 2.05) is 12.1 Å². The molecule has 0 spiro atoms. The van der Waals surface area contributed by atoms with Gasteiger partial charge in [-0.2, -0.15) is 5.10 Å². The van der Waals surface area contributed by atoms with Gasteiger partial charge in [0.25, 0.3) is 5.91 Å². The van der Waals surface area contributed by atoms with Crippen LogP contribution in [-0.2, 0) is 0 Å². The predicted octanol–water partition coefficient (Wildman–Crippen LogP) is 3.44. The lowest BCUT2D eigenvalue weighted by Gasteiger charge is -2.20. The van der Waals surface area contributed by atoms with Crippen molar-refractivity contribution in [1.82, 2.24) is 5.43 Å². The third kappa shape index (κ3) is 4.64. The number of nitrogens with one attached hydrogen (secondary N) is 1. The number of nitrogens with zero attached hydrogens (tertiary/aromatic N) is 2. The topological polar surface area (TPSA) is 44.7 Å². The fourth-order valence-corrected chi connectivity index (χ4v) is 2.23. The zero-order valence-corrected chi connectivity index (χ0v) is 13.3. The molecular formula is C18H20FN3O. The fourth-order valence-electron chi connectivity index (χ4n) is 2.23. The van der Waals surface area contributed by atoms with Crippen molar-refractivity contribution in [2.24, 2.45) is 5.10 Å². The Hall–Kier alpha value is -2.69. The zero-order valence-electron chi connectivity index (χ0n) is 13.3. The number of hydrogen-bond acceptors (Lipinski definition) is 3. The minimum Gasteiger partial charge on any atom is -0.372 e. The number of halogens is 1. The lowest BCUT2D eigenvalue weighted by Crippen LogP contribution is -2.22. The summed E-state index contributed by atoms with van der Waals surface area (Å²) in [5, 5.41) is 3.85. The quantitative estimate of drug-likeness (QED) is 0.656. The van der Waals surface area contributed by atoms with Crippen LogP contribution >= 0.6 is 0 Å². The highest BCUT2D eigenvalue weighted by Gasteiger charge is 2.06. The van der Waals surface area contributed by atoms with Crippen molar-refractivity contribution in [2.75, 3.05) is 18.0 Å². The first kappa shape index (κ1) is 16.7. The molecule has 1 N–H and O–H groups in total. The summed E-state index contributed by atoms with van der Waals surface area (Å²) in [4.78, 5) is 14.2. The number of rotatable bonds is 6. The Balaban J connectivity index is 1.98. The van der Waals surface area contributed by atoms with E-state index in [0.29, 0.717) is 11.1 Å². The van der Waals surface area contributed by atoms with Crippen LogP contribution in [0.2, 0.25) is 0 Å². The van der Waals surface area contributed by atoms with Crippen LogP contribution in [0.25, 0.3) is 0 Å². The molecule has 23 heavy (non-hydrogen) atoms. The molecule has 0 atom stereocenters. The Bertz CT molecular complexity index is 679. The minimum absolute atomic E-state index is 0.302. The molecule has 0 fully saturated rings. The summed E-state index contributed by atoms with van der Waals surface area (Å²) in [6.45, 7) is 6.01. The monoisotopic (exact) mass is 313 g/mol. The molecule has 0 heterocycles. The largest absolute Gasteiger partial charge is 0.372 e. The van der Waals surface area contributed by atoms with Crippen molar-refractivity contribution in [3.63, 3.8) is 0 Å². The van der Waals surface area contributed by atoms with Crippen molar-refractivity contribution in [1.29, 1.82) is 0 Å². The van der Waals surface area contributed by atoms with Gasteiger partial charge in [0.2, 0.25) is 0 Å². The molecule has 0 aliphatic heterocycles. The summed E-state index contributed by atoms with van der Waals surface area (Å²) in [5.74, 6) is -0.643. The number of benzene rings is 2. The van der Waals surface area contributed by atoms with Gasteiger partial charge in [-0.05, 0) is 55.8 Å². The smallest absolute Gasteiger partial charge is 0.271 e. The average Bonchev–Trinajstić information content (AvgIpc) is 2.56. The van der Waals surface area contributed by atoms with Gasteiger partial charge in [-0.15, -0.1) is 0 Å². The molecule has 5 heteroatoms. The molecule has 0 radical (unpaired) electrons. The van der Waals surface area contributed by atoms with Gasteiger partial charge in [-0.3, -0.25) is 4.79 Å². The Kier molecular flexibility index (Phi) is 5.86. The van der Waals surface area contributed by atoms with Gasteiger partial charge in [0, 0.05) is 24.3 Å². The number of hydrogen-bond donors (Lipinski definition) is 1. The maximum atomic E-state index is 13.0. The third-order valence-electron chi connectivity index (χ3n) is 3.49. The summed E-state index contributed by atoms with van der Waals surface area (Å²) >= 11 is 0. The summed E-state index contributed by atoms with van der Waals surface area (Å²) in [7, 11) is 0. The second kappa shape index (κ2) is 8.08. The SMILES string of the molecule is CCN(CC)c1ccc(C(=O)N/N=C\c2cccc(F)c2)cc1. The van der Waals surface area contributed by atoms with Gasteiger partial charge in [-0.1, -0.05) is 12.1 Å². The van der Waals surface area contributed by atoms with E-state index in [2.05, 4.69) is 29.3 Å². The van der Waals surface area contributed by atoms with E-state index in [1.165, 1.54) is 18.3 Å². The lowest BCUT2D eigenvalue weighted by molar-refractivity contribution is 0.0955. The van der Waals surface area contributed by atoms with Crippen LogP contribution in [-0.4, -0.2) is 25.2 Å². The highest BCUT2D eigenvalue weighted by atomic mass is 19.1. The molecule has 0 bridgehead atoms. The highest BCUT2D eigenvalue weighted by molar-refractivity contribution is 5.95. The molecule has 1 amide bonds. The first-order valence-corrected chi connectivity index (χ1v) is 7.58. The van der Waals surface area contributed by atoms with E-state index < -0.39 is 0 Å². The van der Waals surface area contributed by atoms with Crippen molar-refractivity contribution < 1.29 is 9.18 Å². The molecular weight excluding hydrogens is 293 g/mol. The fraction of sp³-hybridized carbons (Fsp3) is 0.222. The van der Waals surface area contributed by atoms with E-state index in [1.54, 1.807) is 24.3 Å². The van der Waals surface area contributed by atoms with Gasteiger partial charge in [-0.25, -0.2) is 9.82 Å². The van der Waals surface area contributed by atoms with E-state index in [-0.39, 0.29) is 11.7 Å². The Morgan fingerprint density at radius 1 is 1.17 bits per heavy atom. The lowest BCUT2D eigenvalue weighted by atomic mass is 10.2. The zero-order chi connectivity index (χ0) is 16.7. The predicted molar refractivity (Wildman–Crippen MR) is 91.5 cm³/mol. The summed E-state index contributed by atoms with van der Waals surface area (Å²) in [5.41, 5.74) is 4.63. The van der Waals surface area contributed by atoms with E-state index in [9.17, 15) is 9.18 Å². The van der Waals surface area contributed by atoms with Gasteiger partial charge < -0.3 is 4.90 Å². The molecule has 2 aromatic carbocycles. The van der Waals surface area contributed by atoms with Crippen molar-refractivity contribution >= 4 is 17.8 Å². The Morgan fingerprint density at radius 3 is 2.48 bits per heavy atom. The summed E-state index contributed by atoms with van der Waals surface area (Å²) < 4.78 is 13.0. The molecule has 2 rings (SSSR count). The van der Waals surface area contributed by atoms with Crippen LogP contribution in [0.3, 0.4) is 0 Å². The average molecular weight is 313 g/mol. The summed E-state index contributed by atoms with van der Waals surface area (Å²) in [6, 6.07) is 13.3. The normalized spacial score (nSPS) is 10.7. The maximum absolute atomic E-state index is 13.0. The van der Waals surface area contributed by atoms with Crippen molar-refractivity contribution in [3.05, 3.63) is 65.5 Å². The standard InChI is InChI=1S/C18H20FN3O/c1-3-22(4-2)17-10-8-15(9-11-17)18(23)21-20-13-14-6-5-7-16(19)12-14/h5-13H,3-4H2,1-2H3,(H,21,23)/b20-13-. The van der Waals surface area contributed by atoms with Crippen LogP contribution in [0, 0.1) is 5.82 Å². The van der Waals surface area contributed by atoms with Gasteiger partial charge >= 0.3 is 0 Å². The molecule has 0 aliphatic rings. The second-order valence-electron chi connectivity index (χ2n) is 4.97. The van der Waals surface area contributed by atoms with Crippen LogP contribution in [0.1, 0.15) is 29.8 Å². The number of hydrazone groups is 1. The first-order chi connectivity index (χ1) is 11.1. The first-order valence-electron chi connectivity index (χ1n) is 7.58. The highest BCUT2D eigenvalue weighted by Crippen LogP contribution is 2.14. The molecule has 4 nitrogen and oxygen atoms in total. The molecule has 0 saturated heterocycles. The second-order valence-corrected chi connectivity index (χ2v) is 4.97. The molecule has 120 valence electrons. The molecule has 0 saturated carbocycles. The van der Waals surface area contributed by atoms with E-state index in [0.717, 1.165) is 18.8 Å². The van der Waals surface area contributed by atoms with E-state index >= 15 is 0 Å². The number of carbonyl (C=O) groups excluding carboxylic acids is 1. The van der Waals surface area contributed by atoms with Crippen molar-refractivity contribution in [3.8, 4) is 0 Å². The minimum atomic E-state index is -0.340. The van der Waals surface area contributed by atoms with Crippen molar-refractivity contribution in [2.45, 2.75) is 13.8 Å². The molecule has 0 unspecified atom stereocenters. The van der Waals surface area contributed by atoms with Crippen LogP contribution < -0.4 is 10.3 Å². The van der Waals surface area contributed by atoms with Gasteiger partial charge in [0.05, 0.1) is 6.21 Å². The third-order valence-corrected chi connectivity index (χ3v) is 3.49. The summed E-state index contributed by atoms with van der Waals surface area (Å²) in [6.07, 6.45) is 1.41. The molecule has 0 aromatic heterocycles. The number of anilines is 1. The number of carbonyl (C=O) groups is 1.